The van der Waals surface area contributed by atoms with Gasteiger partial charge in [-0.2, -0.15) is 0 Å². The zero-order valence-corrected chi connectivity index (χ0v) is 12.1. The lowest BCUT2D eigenvalue weighted by Crippen LogP contribution is -2.45. The molecule has 1 aromatic carbocycles. The molecule has 0 amide bonds. The first kappa shape index (κ1) is 16.4. The Labute approximate surface area is 119 Å². The van der Waals surface area contributed by atoms with Crippen LogP contribution in [0.25, 0.3) is 0 Å². The van der Waals surface area contributed by atoms with Crippen LogP contribution in [0, 0.1) is 5.82 Å². The molecule has 0 saturated heterocycles. The highest BCUT2D eigenvalue weighted by Crippen LogP contribution is 2.18. The van der Waals surface area contributed by atoms with Crippen LogP contribution in [0.15, 0.2) is 29.3 Å². The molecule has 0 aliphatic carbocycles. The second-order valence-electron chi connectivity index (χ2n) is 4.10. The first-order chi connectivity index (χ1) is 9.74. The first-order valence-corrected chi connectivity index (χ1v) is 6.85. The standard InChI is InChI=1S/C14H23FN4O/c1-3-19(13-9-6-5-8-12(13)15)14(18-16)17-10-7-11-20-4-2/h5-6,8-9H,3-4,7,10-11,16H2,1-2H3,(H,17,18). The van der Waals surface area contributed by atoms with Crippen LogP contribution in [0.4, 0.5) is 10.1 Å². The van der Waals surface area contributed by atoms with Crippen molar-refractivity contribution in [1.29, 1.82) is 0 Å². The SMILES string of the molecule is CCOCCCN=C(NN)N(CC)c1ccccc1F. The van der Waals surface area contributed by atoms with Gasteiger partial charge in [-0.15, -0.1) is 0 Å². The van der Waals surface area contributed by atoms with Gasteiger partial charge in [0.15, 0.2) is 0 Å². The molecule has 6 heteroatoms. The first-order valence-electron chi connectivity index (χ1n) is 6.85. The Bertz CT molecular complexity index is 425. The Kier molecular flexibility index (Phi) is 7.60. The van der Waals surface area contributed by atoms with Crippen molar-refractivity contribution in [3.8, 4) is 0 Å². The van der Waals surface area contributed by atoms with Gasteiger partial charge in [0.2, 0.25) is 5.96 Å². The molecule has 0 spiro atoms. The number of nitrogens with two attached hydrogens (primary N) is 1. The van der Waals surface area contributed by atoms with E-state index >= 15 is 0 Å². The summed E-state index contributed by atoms with van der Waals surface area (Å²) in [4.78, 5) is 6.07. The van der Waals surface area contributed by atoms with E-state index in [0.29, 0.717) is 38.0 Å². The van der Waals surface area contributed by atoms with E-state index < -0.39 is 0 Å². The normalized spacial score (nSPS) is 11.5. The molecule has 1 rings (SSSR count). The third-order valence-electron chi connectivity index (χ3n) is 2.76. The van der Waals surface area contributed by atoms with Crippen LogP contribution in [0.5, 0.6) is 0 Å². The fourth-order valence-electron chi connectivity index (χ4n) is 1.81. The summed E-state index contributed by atoms with van der Waals surface area (Å²) in [7, 11) is 0. The Morgan fingerprint density at radius 1 is 1.40 bits per heavy atom. The lowest BCUT2D eigenvalue weighted by atomic mass is 10.3. The van der Waals surface area contributed by atoms with Crippen LogP contribution in [0.2, 0.25) is 0 Å². The molecule has 0 bridgehead atoms. The fourth-order valence-corrected chi connectivity index (χ4v) is 1.81. The number of halogens is 1. The monoisotopic (exact) mass is 282 g/mol. The zero-order valence-electron chi connectivity index (χ0n) is 12.1. The van der Waals surface area contributed by atoms with Gasteiger partial charge in [0.25, 0.3) is 0 Å². The highest BCUT2D eigenvalue weighted by molar-refractivity contribution is 5.95. The van der Waals surface area contributed by atoms with Crippen molar-refractivity contribution < 1.29 is 9.13 Å². The summed E-state index contributed by atoms with van der Waals surface area (Å²) in [6.45, 7) is 6.36. The minimum atomic E-state index is -0.299. The summed E-state index contributed by atoms with van der Waals surface area (Å²) in [5.41, 5.74) is 2.99. The number of aliphatic imine (C=N–C) groups is 1. The molecule has 0 aromatic heterocycles. The minimum Gasteiger partial charge on any atom is -0.382 e. The number of guanidine groups is 1. The lowest BCUT2D eigenvalue weighted by Gasteiger charge is -2.24. The van der Waals surface area contributed by atoms with Crippen LogP contribution in [-0.2, 0) is 4.74 Å². The smallest absolute Gasteiger partial charge is 0.213 e. The van der Waals surface area contributed by atoms with E-state index in [4.69, 9.17) is 10.6 Å². The van der Waals surface area contributed by atoms with E-state index in [9.17, 15) is 4.39 Å². The predicted molar refractivity (Wildman–Crippen MR) is 80.2 cm³/mol. The molecule has 0 aliphatic heterocycles. The maximum atomic E-state index is 13.8. The van der Waals surface area contributed by atoms with Crippen LogP contribution in [0.3, 0.4) is 0 Å². The maximum absolute atomic E-state index is 13.8. The van der Waals surface area contributed by atoms with Crippen molar-refractivity contribution in [2.24, 2.45) is 10.8 Å². The maximum Gasteiger partial charge on any atom is 0.213 e. The number of hydrogen-bond donors (Lipinski definition) is 2. The molecule has 1 aromatic rings. The lowest BCUT2D eigenvalue weighted by molar-refractivity contribution is 0.146. The van der Waals surface area contributed by atoms with Crippen molar-refractivity contribution in [2.45, 2.75) is 20.3 Å². The molecule has 0 saturated carbocycles. The average Bonchev–Trinajstić information content (AvgIpc) is 2.47. The summed E-state index contributed by atoms with van der Waals surface area (Å²) in [6.07, 6.45) is 0.799. The van der Waals surface area contributed by atoms with Gasteiger partial charge in [-0.1, -0.05) is 12.1 Å². The third kappa shape index (κ3) is 4.79. The molecule has 0 radical (unpaired) electrons. The van der Waals surface area contributed by atoms with Crippen molar-refractivity contribution in [3.63, 3.8) is 0 Å². The second kappa shape index (κ2) is 9.28. The predicted octanol–water partition coefficient (Wildman–Crippen LogP) is 1.90. The van der Waals surface area contributed by atoms with Crippen LogP contribution in [0.1, 0.15) is 20.3 Å². The van der Waals surface area contributed by atoms with Gasteiger partial charge in [0.1, 0.15) is 5.82 Å². The molecule has 112 valence electrons. The molecular formula is C14H23FN4O. The molecule has 20 heavy (non-hydrogen) atoms. The van der Waals surface area contributed by atoms with E-state index in [1.54, 1.807) is 23.1 Å². The molecule has 0 aliphatic rings. The van der Waals surface area contributed by atoms with Gasteiger partial charge < -0.3 is 9.64 Å². The minimum absolute atomic E-state index is 0.299. The number of nitrogens with zero attached hydrogens (tertiary/aromatic N) is 2. The molecule has 0 heterocycles. The molecule has 0 atom stereocenters. The fraction of sp³-hybridized carbons (Fsp3) is 0.500. The number of ether oxygens (including phenoxy) is 1. The van der Waals surface area contributed by atoms with Gasteiger partial charge >= 0.3 is 0 Å². The number of para-hydroxylation sites is 1. The van der Waals surface area contributed by atoms with Crippen LogP contribution in [-0.4, -0.2) is 32.3 Å². The molecule has 3 N–H and O–H groups in total. The van der Waals surface area contributed by atoms with E-state index in [2.05, 4.69) is 10.4 Å². The van der Waals surface area contributed by atoms with Crippen LogP contribution < -0.4 is 16.2 Å². The van der Waals surface area contributed by atoms with Crippen molar-refractivity contribution >= 4 is 11.6 Å². The number of hydrazine groups is 1. The average molecular weight is 282 g/mol. The van der Waals surface area contributed by atoms with Gasteiger partial charge in [0, 0.05) is 26.3 Å². The van der Waals surface area contributed by atoms with E-state index in [-0.39, 0.29) is 5.82 Å². The second-order valence-corrected chi connectivity index (χ2v) is 4.10. The Morgan fingerprint density at radius 3 is 2.75 bits per heavy atom. The molecule has 5 nitrogen and oxygen atoms in total. The highest BCUT2D eigenvalue weighted by atomic mass is 19.1. The number of hydrogen-bond acceptors (Lipinski definition) is 3. The third-order valence-corrected chi connectivity index (χ3v) is 2.76. The van der Waals surface area contributed by atoms with Crippen molar-refractivity contribution in [3.05, 3.63) is 30.1 Å². The number of nitrogens with one attached hydrogen (secondary N) is 1. The molecular weight excluding hydrogens is 259 g/mol. The quantitative estimate of drug-likeness (QED) is 0.264. The van der Waals surface area contributed by atoms with Crippen molar-refractivity contribution in [1.82, 2.24) is 5.43 Å². The summed E-state index contributed by atoms with van der Waals surface area (Å²) in [5.74, 6) is 5.65. The van der Waals surface area contributed by atoms with Gasteiger partial charge in [0.05, 0.1) is 5.69 Å². The van der Waals surface area contributed by atoms with Gasteiger partial charge in [-0.05, 0) is 32.4 Å². The summed E-state index contributed by atoms with van der Waals surface area (Å²) < 4.78 is 19.1. The van der Waals surface area contributed by atoms with E-state index in [1.165, 1.54) is 6.07 Å². The Balaban J connectivity index is 2.74. The number of rotatable bonds is 7. The van der Waals surface area contributed by atoms with Crippen LogP contribution >= 0.6 is 0 Å². The summed E-state index contributed by atoms with van der Waals surface area (Å²) >= 11 is 0. The highest BCUT2D eigenvalue weighted by Gasteiger charge is 2.14. The Hall–Kier alpha value is -1.66. The molecule has 0 unspecified atom stereocenters. The van der Waals surface area contributed by atoms with Crippen molar-refractivity contribution in [2.75, 3.05) is 31.2 Å². The summed E-state index contributed by atoms with van der Waals surface area (Å²) in [6, 6.07) is 6.55. The zero-order chi connectivity index (χ0) is 14.8. The Morgan fingerprint density at radius 2 is 2.15 bits per heavy atom. The van der Waals surface area contributed by atoms with E-state index in [1.807, 2.05) is 13.8 Å². The largest absolute Gasteiger partial charge is 0.382 e. The molecule has 0 fully saturated rings. The van der Waals surface area contributed by atoms with E-state index in [0.717, 1.165) is 6.42 Å². The van der Waals surface area contributed by atoms with Gasteiger partial charge in [-0.25, -0.2) is 10.2 Å². The number of anilines is 1. The number of benzene rings is 1. The van der Waals surface area contributed by atoms with Gasteiger partial charge in [-0.3, -0.25) is 10.4 Å². The topological polar surface area (TPSA) is 62.9 Å². The summed E-state index contributed by atoms with van der Waals surface area (Å²) in [5, 5.41) is 0.